The summed E-state index contributed by atoms with van der Waals surface area (Å²) >= 11 is 0. The first-order valence-corrected chi connectivity index (χ1v) is 13.2. The predicted octanol–water partition coefficient (Wildman–Crippen LogP) is 6.24. The monoisotopic (exact) mass is 367 g/mol. The number of hydrogen-bond acceptors (Lipinski definition) is 1. The van der Waals surface area contributed by atoms with E-state index in [0.717, 1.165) is 5.69 Å². The van der Waals surface area contributed by atoms with Gasteiger partial charge in [0.1, 0.15) is 0 Å². The van der Waals surface area contributed by atoms with E-state index in [1.165, 1.54) is 43.4 Å². The Hall–Kier alpha value is -2.45. The van der Waals surface area contributed by atoms with E-state index in [-0.39, 0.29) is 5.41 Å². The van der Waals surface area contributed by atoms with E-state index in [2.05, 4.69) is 88.1 Å². The number of nitrogens with zero attached hydrogens (tertiary/aromatic N) is 1. The normalized spacial score (nSPS) is 15.1. The van der Waals surface area contributed by atoms with Gasteiger partial charge in [-0.1, -0.05) is 87.2 Å². The standard InChI is InChI=1S/C25H25NSi/c1-25(2)21-15-18(27(3,4)5)14-17-12-13-26-24(22(17)21)20-11-10-16-8-6-7-9-19(16)23(20)25/h6-15H,1-5H3. The maximum absolute atomic E-state index is 4.85. The average molecular weight is 368 g/mol. The van der Waals surface area contributed by atoms with E-state index in [9.17, 15) is 0 Å². The van der Waals surface area contributed by atoms with Crippen molar-refractivity contribution in [1.82, 2.24) is 4.98 Å². The summed E-state index contributed by atoms with van der Waals surface area (Å²) in [5.74, 6) is 0. The van der Waals surface area contributed by atoms with Crippen LogP contribution in [0.1, 0.15) is 25.0 Å². The molecule has 0 atom stereocenters. The highest BCUT2D eigenvalue weighted by Crippen LogP contribution is 2.49. The van der Waals surface area contributed by atoms with Crippen LogP contribution in [0.3, 0.4) is 0 Å². The Morgan fingerprint density at radius 2 is 1.63 bits per heavy atom. The molecule has 1 aliphatic carbocycles. The molecule has 0 saturated heterocycles. The van der Waals surface area contributed by atoms with Crippen molar-refractivity contribution in [2.24, 2.45) is 0 Å². The fourth-order valence-corrected chi connectivity index (χ4v) is 5.89. The van der Waals surface area contributed by atoms with Crippen molar-refractivity contribution in [3.05, 3.63) is 71.9 Å². The number of hydrogen-bond donors (Lipinski definition) is 0. The van der Waals surface area contributed by atoms with E-state index < -0.39 is 8.07 Å². The molecule has 1 aliphatic rings. The predicted molar refractivity (Wildman–Crippen MR) is 120 cm³/mol. The van der Waals surface area contributed by atoms with Gasteiger partial charge < -0.3 is 0 Å². The van der Waals surface area contributed by atoms with Crippen LogP contribution in [0.5, 0.6) is 0 Å². The zero-order valence-electron chi connectivity index (χ0n) is 16.7. The SMILES string of the molecule is CC1(C)c2c(ccc3ccccc23)-c2nccc3cc([Si](C)(C)C)cc1c23. The van der Waals surface area contributed by atoms with Crippen LogP contribution in [0, 0.1) is 0 Å². The molecular formula is C25H25NSi. The van der Waals surface area contributed by atoms with Crippen molar-refractivity contribution in [3.63, 3.8) is 0 Å². The molecular weight excluding hydrogens is 342 g/mol. The van der Waals surface area contributed by atoms with Gasteiger partial charge in [0, 0.05) is 22.6 Å². The lowest BCUT2D eigenvalue weighted by atomic mass is 9.68. The maximum atomic E-state index is 4.85. The first-order chi connectivity index (χ1) is 12.8. The molecule has 3 aromatic carbocycles. The molecule has 1 heterocycles. The third kappa shape index (κ3) is 2.26. The summed E-state index contributed by atoms with van der Waals surface area (Å²) in [5.41, 5.74) is 5.23. The number of fused-ring (bicyclic) bond motifs is 4. The van der Waals surface area contributed by atoms with Crippen molar-refractivity contribution in [2.75, 3.05) is 0 Å². The van der Waals surface area contributed by atoms with Crippen molar-refractivity contribution in [3.8, 4) is 11.3 Å². The first-order valence-electron chi connectivity index (χ1n) is 9.75. The summed E-state index contributed by atoms with van der Waals surface area (Å²) in [6.07, 6.45) is 1.98. The fourth-order valence-electron chi connectivity index (χ4n) is 4.72. The second-order valence-electron chi connectivity index (χ2n) is 9.37. The van der Waals surface area contributed by atoms with E-state index in [0.29, 0.717) is 0 Å². The highest BCUT2D eigenvalue weighted by Gasteiger charge is 2.36. The summed E-state index contributed by atoms with van der Waals surface area (Å²) in [5, 5.41) is 6.86. The number of aromatic nitrogens is 1. The van der Waals surface area contributed by atoms with Crippen LogP contribution in [-0.4, -0.2) is 13.1 Å². The van der Waals surface area contributed by atoms with E-state index in [4.69, 9.17) is 4.98 Å². The highest BCUT2D eigenvalue weighted by atomic mass is 28.3. The van der Waals surface area contributed by atoms with E-state index in [1.54, 1.807) is 0 Å². The summed E-state index contributed by atoms with van der Waals surface area (Å²) in [4.78, 5) is 4.85. The minimum atomic E-state index is -1.42. The molecule has 5 rings (SSSR count). The molecule has 0 amide bonds. The lowest BCUT2D eigenvalue weighted by Gasteiger charge is -2.36. The Labute approximate surface area is 162 Å². The summed E-state index contributed by atoms with van der Waals surface area (Å²) in [7, 11) is -1.42. The topological polar surface area (TPSA) is 12.9 Å². The molecule has 0 fully saturated rings. The molecule has 0 saturated carbocycles. The van der Waals surface area contributed by atoms with Crippen molar-refractivity contribution < 1.29 is 0 Å². The molecule has 0 spiro atoms. The Balaban J connectivity index is 1.99. The van der Waals surface area contributed by atoms with Crippen molar-refractivity contribution >= 4 is 34.8 Å². The van der Waals surface area contributed by atoms with Gasteiger partial charge in [-0.15, -0.1) is 0 Å². The molecule has 4 aromatic rings. The zero-order chi connectivity index (χ0) is 19.0. The minimum absolute atomic E-state index is 0.0554. The molecule has 1 aromatic heterocycles. The van der Waals surface area contributed by atoms with Crippen LogP contribution in [0.4, 0.5) is 0 Å². The van der Waals surface area contributed by atoms with E-state index in [1.807, 2.05) is 6.20 Å². The number of rotatable bonds is 1. The molecule has 0 N–H and O–H groups in total. The highest BCUT2D eigenvalue weighted by molar-refractivity contribution is 6.88. The first kappa shape index (κ1) is 16.7. The van der Waals surface area contributed by atoms with Crippen LogP contribution in [0.15, 0.2) is 60.8 Å². The van der Waals surface area contributed by atoms with E-state index >= 15 is 0 Å². The Kier molecular flexibility index (Phi) is 3.28. The lowest BCUT2D eigenvalue weighted by Crippen LogP contribution is -2.39. The van der Waals surface area contributed by atoms with Crippen molar-refractivity contribution in [2.45, 2.75) is 38.9 Å². The van der Waals surface area contributed by atoms with Gasteiger partial charge in [0.05, 0.1) is 13.8 Å². The largest absolute Gasteiger partial charge is 0.256 e. The maximum Gasteiger partial charge on any atom is 0.0786 e. The van der Waals surface area contributed by atoms with Crippen LogP contribution in [-0.2, 0) is 5.41 Å². The van der Waals surface area contributed by atoms with Crippen LogP contribution < -0.4 is 5.19 Å². The number of benzene rings is 3. The molecule has 27 heavy (non-hydrogen) atoms. The number of pyridine rings is 1. The van der Waals surface area contributed by atoms with Gasteiger partial charge in [0.25, 0.3) is 0 Å². The molecule has 134 valence electrons. The van der Waals surface area contributed by atoms with Gasteiger partial charge in [-0.25, -0.2) is 0 Å². The summed E-state index contributed by atoms with van der Waals surface area (Å²) < 4.78 is 0. The molecule has 0 unspecified atom stereocenters. The van der Waals surface area contributed by atoms with Gasteiger partial charge in [0.2, 0.25) is 0 Å². The molecule has 1 nitrogen and oxygen atoms in total. The van der Waals surface area contributed by atoms with Crippen LogP contribution in [0.25, 0.3) is 32.8 Å². The third-order valence-corrected chi connectivity index (χ3v) is 8.23. The Morgan fingerprint density at radius 3 is 2.41 bits per heavy atom. The molecule has 0 aliphatic heterocycles. The quantitative estimate of drug-likeness (QED) is 0.363. The van der Waals surface area contributed by atoms with Gasteiger partial charge in [-0.05, 0) is 33.4 Å². The second kappa shape index (κ2) is 5.29. The van der Waals surface area contributed by atoms with Crippen molar-refractivity contribution in [1.29, 1.82) is 0 Å². The molecule has 2 heteroatoms. The minimum Gasteiger partial charge on any atom is -0.256 e. The Morgan fingerprint density at radius 1 is 0.852 bits per heavy atom. The summed E-state index contributed by atoms with van der Waals surface area (Å²) in [6, 6.07) is 20.4. The average Bonchev–Trinajstić information content (AvgIpc) is 2.64. The van der Waals surface area contributed by atoms with Crippen LogP contribution >= 0.6 is 0 Å². The van der Waals surface area contributed by atoms with Gasteiger partial charge in [-0.3, -0.25) is 4.98 Å². The fraction of sp³-hybridized carbons (Fsp3) is 0.240. The summed E-state index contributed by atoms with van der Waals surface area (Å²) in [6.45, 7) is 12.1. The van der Waals surface area contributed by atoms with Gasteiger partial charge in [0.15, 0.2) is 0 Å². The Bertz CT molecular complexity index is 1230. The lowest BCUT2D eigenvalue weighted by molar-refractivity contribution is 0.651. The van der Waals surface area contributed by atoms with Gasteiger partial charge >= 0.3 is 0 Å². The second-order valence-corrected chi connectivity index (χ2v) is 14.4. The molecule has 0 bridgehead atoms. The smallest absolute Gasteiger partial charge is 0.0786 e. The third-order valence-electron chi connectivity index (χ3n) is 6.21. The van der Waals surface area contributed by atoms with Gasteiger partial charge in [-0.2, -0.15) is 0 Å². The van der Waals surface area contributed by atoms with Crippen LogP contribution in [0.2, 0.25) is 19.6 Å². The zero-order valence-corrected chi connectivity index (χ0v) is 17.7. The molecule has 0 radical (unpaired) electrons.